The molecular formula is C21H22N4O2. The number of nitrogens with one attached hydrogen (secondary N) is 2. The van der Waals surface area contributed by atoms with Gasteiger partial charge in [-0.05, 0) is 10.8 Å². The fourth-order valence-corrected chi connectivity index (χ4v) is 4.07. The highest BCUT2D eigenvalue weighted by Crippen LogP contribution is 2.33. The van der Waals surface area contributed by atoms with Crippen LogP contribution in [0, 0.1) is 0 Å². The third kappa shape index (κ3) is 2.91. The van der Waals surface area contributed by atoms with Crippen molar-refractivity contribution in [2.75, 3.05) is 26.2 Å². The van der Waals surface area contributed by atoms with E-state index in [0.717, 1.165) is 35.5 Å². The Morgan fingerprint density at radius 1 is 1.19 bits per heavy atom. The molecule has 27 heavy (non-hydrogen) atoms. The molecule has 1 amide bonds. The van der Waals surface area contributed by atoms with Crippen LogP contribution in [0.4, 0.5) is 0 Å². The molecule has 0 aliphatic carbocycles. The van der Waals surface area contributed by atoms with Gasteiger partial charge in [-0.15, -0.1) is 0 Å². The molecule has 2 aliphatic heterocycles. The van der Waals surface area contributed by atoms with Gasteiger partial charge in [0.15, 0.2) is 0 Å². The third-order valence-corrected chi connectivity index (χ3v) is 5.49. The van der Waals surface area contributed by atoms with Crippen molar-refractivity contribution in [2.45, 2.75) is 19.1 Å². The van der Waals surface area contributed by atoms with Crippen LogP contribution in [0.1, 0.15) is 11.3 Å². The highest BCUT2D eigenvalue weighted by Gasteiger charge is 2.31. The molecule has 1 atom stereocenters. The Balaban J connectivity index is 1.48. The highest BCUT2D eigenvalue weighted by atomic mass is 16.5. The van der Waals surface area contributed by atoms with Gasteiger partial charge >= 0.3 is 0 Å². The van der Waals surface area contributed by atoms with Crippen LogP contribution in [0.25, 0.3) is 22.0 Å². The summed E-state index contributed by atoms with van der Waals surface area (Å²) in [5, 5.41) is 13.4. The maximum atomic E-state index is 12.9. The molecule has 2 aliphatic rings. The SMILES string of the molecule is O=C([C@@H]1CNCCO1)N1CCc2[nH]nc(-c3cccc4ccccc34)c2C1. The molecule has 1 saturated heterocycles. The smallest absolute Gasteiger partial charge is 0.253 e. The van der Waals surface area contributed by atoms with Crippen LogP contribution >= 0.6 is 0 Å². The van der Waals surface area contributed by atoms with Crippen LogP contribution in [0.3, 0.4) is 0 Å². The number of rotatable bonds is 2. The van der Waals surface area contributed by atoms with Gasteiger partial charge in [0, 0.05) is 49.4 Å². The van der Waals surface area contributed by atoms with Crippen LogP contribution in [-0.4, -0.2) is 53.3 Å². The number of carbonyl (C=O) groups is 1. The van der Waals surface area contributed by atoms with Gasteiger partial charge in [-0.25, -0.2) is 0 Å². The first kappa shape index (κ1) is 16.5. The highest BCUT2D eigenvalue weighted by molar-refractivity contribution is 5.96. The average Bonchev–Trinajstić information content (AvgIpc) is 3.16. The molecule has 3 aromatic rings. The lowest BCUT2D eigenvalue weighted by Gasteiger charge is -2.32. The molecule has 2 aromatic carbocycles. The predicted molar refractivity (Wildman–Crippen MR) is 103 cm³/mol. The summed E-state index contributed by atoms with van der Waals surface area (Å²) in [7, 11) is 0. The summed E-state index contributed by atoms with van der Waals surface area (Å²) in [5.74, 6) is 0.0675. The van der Waals surface area contributed by atoms with Gasteiger partial charge in [-0.3, -0.25) is 9.89 Å². The molecule has 5 rings (SSSR count). The molecular weight excluding hydrogens is 340 g/mol. The monoisotopic (exact) mass is 362 g/mol. The van der Waals surface area contributed by atoms with Crippen molar-refractivity contribution in [2.24, 2.45) is 0 Å². The topological polar surface area (TPSA) is 70.2 Å². The molecule has 6 heteroatoms. The van der Waals surface area contributed by atoms with Gasteiger partial charge in [0.05, 0.1) is 12.3 Å². The first-order valence-corrected chi connectivity index (χ1v) is 9.46. The zero-order chi connectivity index (χ0) is 18.2. The first-order chi connectivity index (χ1) is 13.3. The number of ether oxygens (including phenoxy) is 1. The number of morpholine rings is 1. The maximum Gasteiger partial charge on any atom is 0.253 e. The minimum Gasteiger partial charge on any atom is -0.366 e. The molecule has 0 bridgehead atoms. The number of fused-ring (bicyclic) bond motifs is 2. The summed E-state index contributed by atoms with van der Waals surface area (Å²) in [6, 6.07) is 14.6. The third-order valence-electron chi connectivity index (χ3n) is 5.49. The molecule has 0 unspecified atom stereocenters. The zero-order valence-corrected chi connectivity index (χ0v) is 15.1. The summed E-state index contributed by atoms with van der Waals surface area (Å²) >= 11 is 0. The van der Waals surface area contributed by atoms with Crippen molar-refractivity contribution in [3.05, 3.63) is 53.7 Å². The molecule has 1 fully saturated rings. The molecule has 138 valence electrons. The number of benzene rings is 2. The van der Waals surface area contributed by atoms with Crippen molar-refractivity contribution in [3.63, 3.8) is 0 Å². The van der Waals surface area contributed by atoms with Crippen molar-refractivity contribution in [1.82, 2.24) is 20.4 Å². The second-order valence-corrected chi connectivity index (χ2v) is 7.13. The fourth-order valence-electron chi connectivity index (χ4n) is 4.07. The second kappa shape index (κ2) is 6.79. The van der Waals surface area contributed by atoms with Crippen LogP contribution < -0.4 is 5.32 Å². The van der Waals surface area contributed by atoms with E-state index in [9.17, 15) is 4.79 Å². The van der Waals surface area contributed by atoms with E-state index in [-0.39, 0.29) is 12.0 Å². The van der Waals surface area contributed by atoms with Gasteiger partial charge in [0.25, 0.3) is 5.91 Å². The van der Waals surface area contributed by atoms with E-state index in [1.54, 1.807) is 0 Å². The Bertz CT molecular complexity index is 986. The number of nitrogens with zero attached hydrogens (tertiary/aromatic N) is 2. The van der Waals surface area contributed by atoms with Crippen molar-refractivity contribution < 1.29 is 9.53 Å². The Morgan fingerprint density at radius 3 is 2.96 bits per heavy atom. The number of hydrogen-bond acceptors (Lipinski definition) is 4. The van der Waals surface area contributed by atoms with Crippen molar-refractivity contribution >= 4 is 16.7 Å². The molecule has 0 saturated carbocycles. The standard InChI is InChI=1S/C21H22N4O2/c26-21(19-12-22-9-11-27-19)25-10-8-18-17(13-25)20(24-23-18)16-7-3-5-14-4-1-2-6-15(14)16/h1-7,19,22H,8-13H2,(H,23,24)/t19-/m0/s1. The summed E-state index contributed by atoms with van der Waals surface area (Å²) in [6.45, 7) is 3.25. The Hall–Kier alpha value is -2.70. The molecule has 1 aromatic heterocycles. The molecule has 0 radical (unpaired) electrons. The van der Waals surface area contributed by atoms with Crippen LogP contribution in [0.15, 0.2) is 42.5 Å². The number of hydrogen-bond donors (Lipinski definition) is 2. The first-order valence-electron chi connectivity index (χ1n) is 9.46. The largest absolute Gasteiger partial charge is 0.366 e. The van der Waals surface area contributed by atoms with Gasteiger partial charge in [0.1, 0.15) is 6.10 Å². The van der Waals surface area contributed by atoms with Gasteiger partial charge in [-0.1, -0.05) is 42.5 Å². The van der Waals surface area contributed by atoms with Gasteiger partial charge in [0.2, 0.25) is 0 Å². The predicted octanol–water partition coefficient (Wildman–Crippen LogP) is 2.10. The Labute approximate surface area is 157 Å². The van der Waals surface area contributed by atoms with E-state index in [0.29, 0.717) is 26.2 Å². The summed E-state index contributed by atoms with van der Waals surface area (Å²) in [5.41, 5.74) is 4.30. The molecule has 2 N–H and O–H groups in total. The van der Waals surface area contributed by atoms with Crippen molar-refractivity contribution in [3.8, 4) is 11.3 Å². The zero-order valence-electron chi connectivity index (χ0n) is 15.1. The Morgan fingerprint density at radius 2 is 2.07 bits per heavy atom. The summed E-state index contributed by atoms with van der Waals surface area (Å²) < 4.78 is 5.66. The van der Waals surface area contributed by atoms with E-state index in [1.807, 2.05) is 17.0 Å². The lowest BCUT2D eigenvalue weighted by molar-refractivity contribution is -0.146. The Kier molecular flexibility index (Phi) is 4.14. The lowest BCUT2D eigenvalue weighted by atomic mass is 9.96. The minimum atomic E-state index is -0.381. The van der Waals surface area contributed by atoms with Crippen LogP contribution in [-0.2, 0) is 22.5 Å². The molecule has 6 nitrogen and oxygen atoms in total. The number of amides is 1. The number of carbonyl (C=O) groups excluding carboxylic acids is 1. The quantitative estimate of drug-likeness (QED) is 0.733. The fraction of sp³-hybridized carbons (Fsp3) is 0.333. The van der Waals surface area contributed by atoms with Crippen LogP contribution in [0.2, 0.25) is 0 Å². The normalized spacial score (nSPS) is 19.9. The summed E-state index contributed by atoms with van der Waals surface area (Å²) in [6.07, 6.45) is 0.409. The molecule has 3 heterocycles. The van der Waals surface area contributed by atoms with Gasteiger partial charge < -0.3 is 15.0 Å². The van der Waals surface area contributed by atoms with Crippen molar-refractivity contribution in [1.29, 1.82) is 0 Å². The average molecular weight is 362 g/mol. The minimum absolute atomic E-state index is 0.0675. The van der Waals surface area contributed by atoms with Crippen LogP contribution in [0.5, 0.6) is 0 Å². The van der Waals surface area contributed by atoms with E-state index >= 15 is 0 Å². The van der Waals surface area contributed by atoms with Gasteiger partial charge in [-0.2, -0.15) is 5.10 Å². The second-order valence-electron chi connectivity index (χ2n) is 7.13. The number of H-pyrrole nitrogens is 1. The maximum absolute atomic E-state index is 12.9. The number of aromatic nitrogens is 2. The molecule has 0 spiro atoms. The lowest BCUT2D eigenvalue weighted by Crippen LogP contribution is -2.50. The number of aromatic amines is 1. The van der Waals surface area contributed by atoms with E-state index in [4.69, 9.17) is 4.74 Å². The summed E-state index contributed by atoms with van der Waals surface area (Å²) in [4.78, 5) is 14.8. The van der Waals surface area contributed by atoms with E-state index < -0.39 is 0 Å². The van der Waals surface area contributed by atoms with E-state index in [1.165, 1.54) is 10.8 Å². The van der Waals surface area contributed by atoms with E-state index in [2.05, 4.69) is 45.8 Å².